The Kier molecular flexibility index (Phi) is 6.71. The summed E-state index contributed by atoms with van der Waals surface area (Å²) in [5.41, 5.74) is -1.25. The molecule has 3 aromatic rings. The zero-order chi connectivity index (χ0) is 23.3. The molecule has 0 aliphatic rings. The number of anilines is 1. The maximum Gasteiger partial charge on any atom is 0.347 e. The number of nitrogens with one attached hydrogen (secondary N) is 2. The summed E-state index contributed by atoms with van der Waals surface area (Å²) < 4.78 is 43.5. The van der Waals surface area contributed by atoms with Crippen molar-refractivity contribution >= 4 is 11.7 Å². The number of nitrogens with zero attached hydrogens (tertiary/aromatic N) is 4. The second-order valence-corrected chi connectivity index (χ2v) is 6.82. The standard InChI is InChI=1S/C20H19F3N6O3/c1-13-9-26-18(27-12-20(22,23)16-6-2-3-8-29(16)32)19(31)28(13)11-17(30)25-10-15-14(21)5-4-7-24-15/h2-9H,10-12H2,1H3,(H,25,30)(H,26,27). The first-order chi connectivity index (χ1) is 15.2. The van der Waals surface area contributed by atoms with Gasteiger partial charge in [-0.15, -0.1) is 0 Å². The fourth-order valence-corrected chi connectivity index (χ4v) is 2.82. The Morgan fingerprint density at radius 2 is 2.03 bits per heavy atom. The molecule has 0 aliphatic heterocycles. The molecule has 0 aromatic carbocycles. The van der Waals surface area contributed by atoms with Crippen LogP contribution in [0.1, 0.15) is 17.1 Å². The van der Waals surface area contributed by atoms with Crippen LogP contribution in [0.4, 0.5) is 19.0 Å². The average molecular weight is 448 g/mol. The van der Waals surface area contributed by atoms with Crippen molar-refractivity contribution in [3.63, 3.8) is 0 Å². The van der Waals surface area contributed by atoms with Crippen molar-refractivity contribution in [1.29, 1.82) is 0 Å². The maximum absolute atomic E-state index is 14.4. The van der Waals surface area contributed by atoms with Crippen molar-refractivity contribution in [3.05, 3.63) is 87.4 Å². The second-order valence-electron chi connectivity index (χ2n) is 6.82. The van der Waals surface area contributed by atoms with Gasteiger partial charge in [-0.1, -0.05) is 0 Å². The van der Waals surface area contributed by atoms with Gasteiger partial charge < -0.3 is 15.8 Å². The number of aryl methyl sites for hydroxylation is 1. The Morgan fingerprint density at radius 1 is 1.25 bits per heavy atom. The molecule has 32 heavy (non-hydrogen) atoms. The first kappa shape index (κ1) is 22.7. The molecule has 3 heterocycles. The average Bonchev–Trinajstić information content (AvgIpc) is 2.75. The summed E-state index contributed by atoms with van der Waals surface area (Å²) in [4.78, 5) is 32.5. The number of rotatable bonds is 8. The molecule has 0 aliphatic carbocycles. The molecule has 0 fully saturated rings. The quantitative estimate of drug-likeness (QED) is 0.396. The Labute approximate surface area is 180 Å². The monoisotopic (exact) mass is 448 g/mol. The van der Waals surface area contributed by atoms with Gasteiger partial charge in [0.1, 0.15) is 12.4 Å². The molecular formula is C20H19F3N6O3. The molecule has 3 aromatic heterocycles. The van der Waals surface area contributed by atoms with Gasteiger partial charge in [-0.2, -0.15) is 13.5 Å². The lowest BCUT2D eigenvalue weighted by molar-refractivity contribution is -0.624. The summed E-state index contributed by atoms with van der Waals surface area (Å²) in [6.07, 6.45) is 3.55. The summed E-state index contributed by atoms with van der Waals surface area (Å²) in [5, 5.41) is 16.3. The molecule has 0 saturated carbocycles. The van der Waals surface area contributed by atoms with Gasteiger partial charge in [-0.05, 0) is 25.1 Å². The van der Waals surface area contributed by atoms with Crippen LogP contribution < -0.4 is 20.9 Å². The van der Waals surface area contributed by atoms with E-state index in [1.54, 1.807) is 0 Å². The number of halogens is 3. The Balaban J connectivity index is 1.70. The maximum atomic E-state index is 14.4. The van der Waals surface area contributed by atoms with E-state index in [1.807, 2.05) is 0 Å². The van der Waals surface area contributed by atoms with Crippen LogP contribution in [0.15, 0.2) is 53.7 Å². The minimum atomic E-state index is -3.59. The lowest BCUT2D eigenvalue weighted by atomic mass is 10.2. The third-order valence-electron chi connectivity index (χ3n) is 4.52. The molecule has 0 saturated heterocycles. The zero-order valence-corrected chi connectivity index (χ0v) is 16.9. The highest BCUT2D eigenvalue weighted by Gasteiger charge is 2.39. The number of pyridine rings is 2. The van der Waals surface area contributed by atoms with Crippen LogP contribution in [0, 0.1) is 17.9 Å². The normalized spacial score (nSPS) is 11.2. The van der Waals surface area contributed by atoms with E-state index < -0.39 is 47.8 Å². The van der Waals surface area contributed by atoms with Crippen molar-refractivity contribution in [2.24, 2.45) is 0 Å². The molecule has 3 rings (SSSR count). The van der Waals surface area contributed by atoms with Crippen LogP contribution in [-0.2, 0) is 23.8 Å². The molecule has 168 valence electrons. The van der Waals surface area contributed by atoms with Crippen molar-refractivity contribution < 1.29 is 22.7 Å². The molecule has 0 spiro atoms. The van der Waals surface area contributed by atoms with Gasteiger partial charge in [-0.25, -0.2) is 9.37 Å². The van der Waals surface area contributed by atoms with Crippen molar-refractivity contribution in [3.8, 4) is 0 Å². The van der Waals surface area contributed by atoms with Gasteiger partial charge in [0.05, 0.1) is 18.8 Å². The first-order valence-electron chi connectivity index (χ1n) is 9.42. The predicted octanol–water partition coefficient (Wildman–Crippen LogP) is 1.24. The van der Waals surface area contributed by atoms with Gasteiger partial charge in [0, 0.05) is 30.2 Å². The fraction of sp³-hybridized carbons (Fsp3) is 0.250. The highest BCUT2D eigenvalue weighted by atomic mass is 19.3. The number of hydrogen-bond acceptors (Lipinski definition) is 6. The predicted molar refractivity (Wildman–Crippen MR) is 107 cm³/mol. The molecule has 0 bridgehead atoms. The van der Waals surface area contributed by atoms with Gasteiger partial charge in [0.2, 0.25) is 5.91 Å². The summed E-state index contributed by atoms with van der Waals surface area (Å²) in [6, 6.07) is 6.19. The molecule has 1 amide bonds. The van der Waals surface area contributed by atoms with Crippen LogP contribution in [0.5, 0.6) is 0 Å². The molecule has 0 atom stereocenters. The van der Waals surface area contributed by atoms with Crippen LogP contribution in [0.25, 0.3) is 0 Å². The topological polar surface area (TPSA) is 116 Å². The van der Waals surface area contributed by atoms with Gasteiger partial charge in [0.25, 0.3) is 11.3 Å². The van der Waals surface area contributed by atoms with Gasteiger partial charge in [-0.3, -0.25) is 19.1 Å². The van der Waals surface area contributed by atoms with E-state index in [0.717, 1.165) is 16.8 Å². The largest absolute Gasteiger partial charge is 0.618 e. The zero-order valence-electron chi connectivity index (χ0n) is 16.9. The number of aromatic nitrogens is 4. The number of hydrogen-bond donors (Lipinski definition) is 2. The third kappa shape index (κ3) is 5.20. The molecule has 12 heteroatoms. The summed E-state index contributed by atoms with van der Waals surface area (Å²) in [6.45, 7) is -0.168. The van der Waals surface area contributed by atoms with Crippen LogP contribution >= 0.6 is 0 Å². The first-order valence-corrected chi connectivity index (χ1v) is 9.42. The lowest BCUT2D eigenvalue weighted by Gasteiger charge is -2.17. The van der Waals surface area contributed by atoms with Crippen LogP contribution in [0.2, 0.25) is 0 Å². The highest BCUT2D eigenvalue weighted by Crippen LogP contribution is 2.24. The number of alkyl halides is 2. The van der Waals surface area contributed by atoms with Crippen molar-refractivity contribution in [2.75, 3.05) is 11.9 Å². The van der Waals surface area contributed by atoms with E-state index in [4.69, 9.17) is 0 Å². The summed E-state index contributed by atoms with van der Waals surface area (Å²) >= 11 is 0. The fourth-order valence-electron chi connectivity index (χ4n) is 2.82. The van der Waals surface area contributed by atoms with Crippen LogP contribution in [0.3, 0.4) is 0 Å². The van der Waals surface area contributed by atoms with Crippen molar-refractivity contribution in [2.45, 2.75) is 25.9 Å². The van der Waals surface area contributed by atoms with Crippen molar-refractivity contribution in [1.82, 2.24) is 19.9 Å². The van der Waals surface area contributed by atoms with E-state index in [0.29, 0.717) is 5.69 Å². The summed E-state index contributed by atoms with van der Waals surface area (Å²) in [7, 11) is 0. The Bertz CT molecular complexity index is 1190. The smallest absolute Gasteiger partial charge is 0.347 e. The minimum Gasteiger partial charge on any atom is -0.618 e. The van der Waals surface area contributed by atoms with Gasteiger partial charge >= 0.3 is 5.92 Å². The van der Waals surface area contributed by atoms with E-state index in [1.165, 1.54) is 43.6 Å². The second kappa shape index (κ2) is 9.45. The molecule has 0 radical (unpaired) electrons. The Morgan fingerprint density at radius 3 is 2.75 bits per heavy atom. The molecule has 9 nitrogen and oxygen atoms in total. The van der Waals surface area contributed by atoms with Gasteiger partial charge in [0.15, 0.2) is 12.0 Å². The molecule has 0 unspecified atom stereocenters. The highest BCUT2D eigenvalue weighted by molar-refractivity contribution is 5.75. The number of carbonyl (C=O) groups is 1. The lowest BCUT2D eigenvalue weighted by Crippen LogP contribution is -2.41. The molecular weight excluding hydrogens is 429 g/mol. The van der Waals surface area contributed by atoms with Crippen LogP contribution in [-0.4, -0.2) is 27.0 Å². The third-order valence-corrected chi connectivity index (χ3v) is 4.52. The van der Waals surface area contributed by atoms with E-state index in [-0.39, 0.29) is 17.0 Å². The van der Waals surface area contributed by atoms with E-state index in [2.05, 4.69) is 20.6 Å². The van der Waals surface area contributed by atoms with E-state index in [9.17, 15) is 28.0 Å². The summed E-state index contributed by atoms with van der Waals surface area (Å²) in [5.74, 6) is -5.20. The number of carbonyl (C=O) groups excluding carboxylic acids is 1. The Hall–Kier alpha value is -3.96. The SMILES string of the molecule is Cc1cnc(NCC(F)(F)c2cccc[n+]2[O-])c(=O)n1CC(=O)NCc1ncccc1F. The number of amides is 1. The molecule has 2 N–H and O–H groups in total. The minimum absolute atomic E-state index is 0.0285. The van der Waals surface area contributed by atoms with E-state index >= 15 is 0 Å².